The molecule has 3 aromatic carbocycles. The van der Waals surface area contributed by atoms with E-state index in [-0.39, 0.29) is 0 Å². The number of ether oxygens (including phenoxy) is 4. The van der Waals surface area contributed by atoms with Crippen LogP contribution >= 0.6 is 0 Å². The molecule has 0 amide bonds. The van der Waals surface area contributed by atoms with E-state index in [1.165, 1.54) is 32.1 Å². The van der Waals surface area contributed by atoms with E-state index in [2.05, 4.69) is 6.92 Å². The Hall–Kier alpha value is -3.80. The summed E-state index contributed by atoms with van der Waals surface area (Å²) in [6, 6.07) is 20.0. The highest BCUT2D eigenvalue weighted by atomic mass is 16.5. The van der Waals surface area contributed by atoms with E-state index < -0.39 is 11.9 Å². The second-order valence-corrected chi connectivity index (χ2v) is 8.76. The van der Waals surface area contributed by atoms with Gasteiger partial charge in [0.2, 0.25) is 0 Å². The van der Waals surface area contributed by atoms with E-state index in [4.69, 9.17) is 18.9 Å². The Bertz CT molecular complexity index is 1090. The van der Waals surface area contributed by atoms with Crippen LogP contribution < -0.4 is 18.9 Å². The van der Waals surface area contributed by atoms with Crippen LogP contribution in [-0.4, -0.2) is 25.2 Å². The van der Waals surface area contributed by atoms with Crippen molar-refractivity contribution in [1.29, 1.82) is 0 Å². The third-order valence-corrected chi connectivity index (χ3v) is 5.66. The van der Waals surface area contributed by atoms with Gasteiger partial charge in [0.25, 0.3) is 0 Å². The standard InChI is InChI=1S/C31H36O6/c1-3-5-6-7-8-9-23-35-26-14-10-24(11-15-26)30(32)36-28-16-12-25(13-17-28)31(33)37-29-20-18-27(19-21-29)34-22-4-2/h10-21H,3-9,22-23H2,1-2H3. The monoisotopic (exact) mass is 504 g/mol. The molecular formula is C31H36O6. The highest BCUT2D eigenvalue weighted by molar-refractivity contribution is 5.92. The average Bonchev–Trinajstić information content (AvgIpc) is 2.93. The Labute approximate surface area is 219 Å². The van der Waals surface area contributed by atoms with Crippen LogP contribution in [0, 0.1) is 0 Å². The lowest BCUT2D eigenvalue weighted by molar-refractivity contribution is 0.0730. The SMILES string of the molecule is CCCCCCCCOc1ccc(C(=O)Oc2ccc(C(=O)Oc3ccc(OCCC)cc3)cc2)cc1. The first-order valence-corrected chi connectivity index (χ1v) is 13.1. The first-order valence-electron chi connectivity index (χ1n) is 13.1. The second-order valence-electron chi connectivity index (χ2n) is 8.76. The summed E-state index contributed by atoms with van der Waals surface area (Å²) in [4.78, 5) is 24.9. The topological polar surface area (TPSA) is 71.1 Å². The molecule has 0 aliphatic carbocycles. The van der Waals surface area contributed by atoms with Gasteiger partial charge in [0.1, 0.15) is 23.0 Å². The zero-order valence-electron chi connectivity index (χ0n) is 21.7. The molecule has 0 aliphatic heterocycles. The molecule has 0 radical (unpaired) electrons. The molecular weight excluding hydrogens is 468 g/mol. The molecule has 0 saturated carbocycles. The summed E-state index contributed by atoms with van der Waals surface area (Å²) in [5, 5.41) is 0. The molecule has 0 aliphatic rings. The Morgan fingerprint density at radius 2 is 0.892 bits per heavy atom. The Balaban J connectivity index is 1.43. The van der Waals surface area contributed by atoms with Gasteiger partial charge in [-0.25, -0.2) is 9.59 Å². The number of benzene rings is 3. The summed E-state index contributed by atoms with van der Waals surface area (Å²) in [5.74, 6) is 1.23. The maximum absolute atomic E-state index is 12.5. The molecule has 3 aromatic rings. The summed E-state index contributed by atoms with van der Waals surface area (Å²) in [7, 11) is 0. The second kappa shape index (κ2) is 15.3. The van der Waals surface area contributed by atoms with Crippen molar-refractivity contribution in [2.24, 2.45) is 0 Å². The smallest absolute Gasteiger partial charge is 0.343 e. The zero-order valence-corrected chi connectivity index (χ0v) is 21.7. The van der Waals surface area contributed by atoms with E-state index in [0.29, 0.717) is 35.8 Å². The predicted octanol–water partition coefficient (Wildman–Crippen LogP) is 7.65. The molecule has 0 saturated heterocycles. The van der Waals surface area contributed by atoms with Gasteiger partial charge in [-0.15, -0.1) is 0 Å². The summed E-state index contributed by atoms with van der Waals surface area (Å²) >= 11 is 0. The molecule has 0 spiro atoms. The molecule has 6 heteroatoms. The molecule has 3 rings (SSSR count). The van der Waals surface area contributed by atoms with Crippen LogP contribution in [0.2, 0.25) is 0 Å². The van der Waals surface area contributed by atoms with Crippen molar-refractivity contribution in [1.82, 2.24) is 0 Å². The lowest BCUT2D eigenvalue weighted by atomic mass is 10.1. The molecule has 0 aromatic heterocycles. The van der Waals surface area contributed by atoms with Crippen molar-refractivity contribution in [2.75, 3.05) is 13.2 Å². The van der Waals surface area contributed by atoms with Crippen LogP contribution in [0.25, 0.3) is 0 Å². The molecule has 0 fully saturated rings. The van der Waals surface area contributed by atoms with Crippen molar-refractivity contribution in [3.8, 4) is 23.0 Å². The Morgan fingerprint density at radius 3 is 1.41 bits per heavy atom. The number of carbonyl (C=O) groups excluding carboxylic acids is 2. The van der Waals surface area contributed by atoms with Gasteiger partial charge in [-0.3, -0.25) is 0 Å². The number of carbonyl (C=O) groups is 2. The largest absolute Gasteiger partial charge is 0.494 e. The number of hydrogen-bond donors (Lipinski definition) is 0. The highest BCUT2D eigenvalue weighted by Gasteiger charge is 2.12. The molecule has 0 unspecified atom stereocenters. The van der Waals surface area contributed by atoms with E-state index in [0.717, 1.165) is 24.3 Å². The molecule has 6 nitrogen and oxygen atoms in total. The maximum Gasteiger partial charge on any atom is 0.343 e. The minimum absolute atomic E-state index is 0.336. The van der Waals surface area contributed by atoms with Crippen LogP contribution in [0.15, 0.2) is 72.8 Å². The third kappa shape index (κ3) is 9.64. The minimum atomic E-state index is -0.503. The van der Waals surface area contributed by atoms with Crippen LogP contribution in [0.5, 0.6) is 23.0 Å². The van der Waals surface area contributed by atoms with Gasteiger partial charge in [0.05, 0.1) is 24.3 Å². The third-order valence-electron chi connectivity index (χ3n) is 5.66. The van der Waals surface area contributed by atoms with Crippen molar-refractivity contribution in [3.63, 3.8) is 0 Å². The Kier molecular flexibility index (Phi) is 11.5. The van der Waals surface area contributed by atoms with E-state index in [9.17, 15) is 9.59 Å². The number of rotatable bonds is 15. The fraction of sp³-hybridized carbons (Fsp3) is 0.355. The lowest BCUT2D eigenvalue weighted by Crippen LogP contribution is -2.10. The van der Waals surface area contributed by atoms with Crippen LogP contribution in [0.3, 0.4) is 0 Å². The van der Waals surface area contributed by atoms with Crippen molar-refractivity contribution in [2.45, 2.75) is 58.8 Å². The molecule has 0 atom stereocenters. The van der Waals surface area contributed by atoms with Gasteiger partial charge >= 0.3 is 11.9 Å². The summed E-state index contributed by atoms with van der Waals surface area (Å²) in [6.07, 6.45) is 8.18. The van der Waals surface area contributed by atoms with Crippen LogP contribution in [-0.2, 0) is 0 Å². The summed E-state index contributed by atoms with van der Waals surface area (Å²) in [5.41, 5.74) is 0.764. The van der Waals surface area contributed by atoms with Gasteiger partial charge in [0.15, 0.2) is 0 Å². The summed E-state index contributed by atoms with van der Waals surface area (Å²) in [6.45, 7) is 5.55. The van der Waals surface area contributed by atoms with Crippen LogP contribution in [0.4, 0.5) is 0 Å². The van der Waals surface area contributed by atoms with E-state index in [1.807, 2.05) is 6.92 Å². The van der Waals surface area contributed by atoms with Gasteiger partial charge in [-0.1, -0.05) is 46.0 Å². The first kappa shape index (κ1) is 27.8. The molecule has 0 bridgehead atoms. The van der Waals surface area contributed by atoms with Crippen molar-refractivity contribution < 1.29 is 28.5 Å². The van der Waals surface area contributed by atoms with Gasteiger partial charge in [-0.05, 0) is 85.6 Å². The fourth-order valence-electron chi connectivity index (χ4n) is 3.57. The first-order chi connectivity index (χ1) is 18.1. The quantitative estimate of drug-likeness (QED) is 0.120. The zero-order chi connectivity index (χ0) is 26.3. The minimum Gasteiger partial charge on any atom is -0.494 e. The summed E-state index contributed by atoms with van der Waals surface area (Å²) < 4.78 is 22.1. The fourth-order valence-corrected chi connectivity index (χ4v) is 3.57. The predicted molar refractivity (Wildman–Crippen MR) is 144 cm³/mol. The molecule has 37 heavy (non-hydrogen) atoms. The molecule has 196 valence electrons. The van der Waals surface area contributed by atoms with Gasteiger partial charge in [0, 0.05) is 0 Å². The molecule has 0 heterocycles. The average molecular weight is 505 g/mol. The van der Waals surface area contributed by atoms with Gasteiger partial charge in [-0.2, -0.15) is 0 Å². The van der Waals surface area contributed by atoms with Crippen LogP contribution in [0.1, 0.15) is 79.5 Å². The Morgan fingerprint density at radius 1 is 0.486 bits per heavy atom. The van der Waals surface area contributed by atoms with Crippen molar-refractivity contribution in [3.05, 3.63) is 83.9 Å². The van der Waals surface area contributed by atoms with Crippen molar-refractivity contribution >= 4 is 11.9 Å². The lowest BCUT2D eigenvalue weighted by Gasteiger charge is -2.09. The van der Waals surface area contributed by atoms with Gasteiger partial charge < -0.3 is 18.9 Å². The highest BCUT2D eigenvalue weighted by Crippen LogP contribution is 2.21. The van der Waals surface area contributed by atoms with E-state index >= 15 is 0 Å². The van der Waals surface area contributed by atoms with E-state index in [1.54, 1.807) is 72.8 Å². The normalized spacial score (nSPS) is 10.5. The maximum atomic E-state index is 12.5. The number of unbranched alkanes of at least 4 members (excludes halogenated alkanes) is 5. The number of esters is 2. The number of hydrogen-bond acceptors (Lipinski definition) is 6. The molecule has 0 N–H and O–H groups in total.